The molecule has 28 heavy (non-hydrogen) atoms. The number of hydrogen-bond acceptors (Lipinski definition) is 6. The molecule has 0 spiro atoms. The van der Waals surface area contributed by atoms with Gasteiger partial charge in [0.05, 0.1) is 12.0 Å². The minimum Gasteiger partial charge on any atom is -0.481 e. The van der Waals surface area contributed by atoms with E-state index in [0.717, 1.165) is 11.3 Å². The number of nitro benzene ring substituents is 1. The average Bonchev–Trinajstić information content (AvgIpc) is 2.73. The second-order valence-electron chi connectivity index (χ2n) is 5.87. The van der Waals surface area contributed by atoms with Gasteiger partial charge in [-0.15, -0.1) is 0 Å². The van der Waals surface area contributed by atoms with Crippen LogP contribution in [0.15, 0.2) is 66.9 Å². The van der Waals surface area contributed by atoms with E-state index in [2.05, 4.69) is 15.6 Å². The number of hydrogen-bond donors (Lipinski definition) is 2. The Morgan fingerprint density at radius 3 is 2.64 bits per heavy atom. The van der Waals surface area contributed by atoms with E-state index >= 15 is 0 Å². The van der Waals surface area contributed by atoms with Gasteiger partial charge in [0.2, 0.25) is 5.88 Å². The summed E-state index contributed by atoms with van der Waals surface area (Å²) in [6, 6.07) is 16.9. The van der Waals surface area contributed by atoms with Crippen molar-refractivity contribution in [2.45, 2.75) is 6.54 Å². The Kier molecular flexibility index (Phi) is 5.81. The van der Waals surface area contributed by atoms with Crippen LogP contribution in [-0.4, -0.2) is 22.9 Å². The molecule has 0 unspecified atom stereocenters. The Morgan fingerprint density at radius 1 is 1.14 bits per heavy atom. The minimum absolute atomic E-state index is 0.179. The maximum Gasteiger partial charge on any atom is 0.293 e. The first-order valence-corrected chi connectivity index (χ1v) is 8.44. The maximum atomic E-state index is 12.4. The van der Waals surface area contributed by atoms with Gasteiger partial charge in [0.1, 0.15) is 5.69 Å². The number of carbonyl (C=O) groups excluding carboxylic acids is 1. The van der Waals surface area contributed by atoms with Gasteiger partial charge in [-0.25, -0.2) is 4.98 Å². The second-order valence-corrected chi connectivity index (χ2v) is 5.87. The van der Waals surface area contributed by atoms with Crippen molar-refractivity contribution >= 4 is 23.0 Å². The molecule has 0 radical (unpaired) electrons. The van der Waals surface area contributed by atoms with Gasteiger partial charge in [-0.3, -0.25) is 14.9 Å². The number of methoxy groups -OCH3 is 1. The lowest BCUT2D eigenvalue weighted by atomic mass is 10.1. The van der Waals surface area contributed by atoms with Crippen LogP contribution in [0.3, 0.4) is 0 Å². The predicted octanol–water partition coefficient (Wildman–Crippen LogP) is 3.67. The first-order valence-electron chi connectivity index (χ1n) is 8.44. The largest absolute Gasteiger partial charge is 0.481 e. The summed E-state index contributed by atoms with van der Waals surface area (Å²) in [5.41, 5.74) is 1.85. The van der Waals surface area contributed by atoms with Crippen molar-refractivity contribution in [1.82, 2.24) is 10.3 Å². The Balaban J connectivity index is 1.75. The van der Waals surface area contributed by atoms with Gasteiger partial charge in [0, 0.05) is 36.1 Å². The Bertz CT molecular complexity index is 993. The number of pyridine rings is 1. The van der Waals surface area contributed by atoms with Gasteiger partial charge in [-0.05, 0) is 35.9 Å². The zero-order chi connectivity index (χ0) is 19.9. The van der Waals surface area contributed by atoms with Crippen molar-refractivity contribution in [3.8, 4) is 5.88 Å². The number of anilines is 2. The lowest BCUT2D eigenvalue weighted by Crippen LogP contribution is -2.23. The zero-order valence-electron chi connectivity index (χ0n) is 15.1. The van der Waals surface area contributed by atoms with E-state index in [1.165, 1.54) is 19.2 Å². The Labute approximate surface area is 161 Å². The van der Waals surface area contributed by atoms with Crippen LogP contribution in [0.4, 0.5) is 17.1 Å². The smallest absolute Gasteiger partial charge is 0.293 e. The standard InChI is InChI=1S/C20H18N4O4/c1-28-19-11-14(9-10-21-19)13-22-20(25)15-7-8-17(18(12-15)24(26)27)23-16-5-3-2-4-6-16/h2-12,23H,13H2,1H3,(H,22,25). The Morgan fingerprint density at radius 2 is 1.93 bits per heavy atom. The molecule has 3 aromatic rings. The number of nitrogens with zero attached hydrogens (tertiary/aromatic N) is 2. The van der Waals surface area contributed by atoms with Crippen molar-refractivity contribution in [3.63, 3.8) is 0 Å². The molecule has 0 aliphatic heterocycles. The van der Waals surface area contributed by atoms with E-state index in [-0.39, 0.29) is 17.8 Å². The number of carbonyl (C=O) groups is 1. The third-order valence-corrected chi connectivity index (χ3v) is 3.97. The molecule has 0 aliphatic rings. The van der Waals surface area contributed by atoms with Crippen molar-refractivity contribution in [2.24, 2.45) is 0 Å². The average molecular weight is 378 g/mol. The monoisotopic (exact) mass is 378 g/mol. The third kappa shape index (κ3) is 4.61. The molecule has 8 nitrogen and oxygen atoms in total. The third-order valence-electron chi connectivity index (χ3n) is 3.97. The van der Waals surface area contributed by atoms with Crippen LogP contribution >= 0.6 is 0 Å². The summed E-state index contributed by atoms with van der Waals surface area (Å²) in [6.45, 7) is 0.246. The van der Waals surface area contributed by atoms with Crippen molar-refractivity contribution in [2.75, 3.05) is 12.4 Å². The molecule has 0 aliphatic carbocycles. The summed E-state index contributed by atoms with van der Waals surface area (Å²) in [5, 5.41) is 17.2. The molecule has 3 rings (SSSR count). The second kappa shape index (κ2) is 8.63. The molecule has 0 atom stereocenters. The lowest BCUT2D eigenvalue weighted by Gasteiger charge is -2.10. The first-order chi connectivity index (χ1) is 13.6. The quantitative estimate of drug-likeness (QED) is 0.480. The van der Waals surface area contributed by atoms with Crippen LogP contribution < -0.4 is 15.4 Å². The summed E-state index contributed by atoms with van der Waals surface area (Å²) in [4.78, 5) is 27.3. The lowest BCUT2D eigenvalue weighted by molar-refractivity contribution is -0.383. The fourth-order valence-corrected chi connectivity index (χ4v) is 2.56. The fraction of sp³-hybridized carbons (Fsp3) is 0.100. The molecule has 0 fully saturated rings. The van der Waals surface area contributed by atoms with Gasteiger partial charge in [-0.2, -0.15) is 0 Å². The number of benzene rings is 2. The predicted molar refractivity (Wildman–Crippen MR) is 105 cm³/mol. The number of ether oxygens (including phenoxy) is 1. The number of rotatable bonds is 7. The molecule has 2 aromatic carbocycles. The zero-order valence-corrected chi connectivity index (χ0v) is 15.1. The van der Waals surface area contributed by atoms with Crippen LogP contribution in [0.1, 0.15) is 15.9 Å². The maximum absolute atomic E-state index is 12.4. The van der Waals surface area contributed by atoms with E-state index in [0.29, 0.717) is 11.6 Å². The van der Waals surface area contributed by atoms with Crippen LogP contribution in [0.25, 0.3) is 0 Å². The van der Waals surface area contributed by atoms with Crippen LogP contribution in [0.2, 0.25) is 0 Å². The number of amides is 1. The van der Waals surface area contributed by atoms with Crippen LogP contribution in [-0.2, 0) is 6.54 Å². The minimum atomic E-state index is -0.518. The van der Waals surface area contributed by atoms with Crippen molar-refractivity contribution < 1.29 is 14.5 Å². The molecule has 1 amide bonds. The van der Waals surface area contributed by atoms with Gasteiger partial charge in [0.25, 0.3) is 11.6 Å². The number of nitro groups is 1. The van der Waals surface area contributed by atoms with Gasteiger partial charge < -0.3 is 15.4 Å². The SMILES string of the molecule is COc1cc(CNC(=O)c2ccc(Nc3ccccc3)c([N+](=O)[O-])c2)ccn1. The topological polar surface area (TPSA) is 106 Å². The fourth-order valence-electron chi connectivity index (χ4n) is 2.56. The summed E-state index contributed by atoms with van der Waals surface area (Å²) >= 11 is 0. The van der Waals surface area contributed by atoms with Crippen LogP contribution in [0, 0.1) is 10.1 Å². The molecule has 0 saturated heterocycles. The highest BCUT2D eigenvalue weighted by molar-refractivity contribution is 5.95. The Hall–Kier alpha value is -3.94. The van der Waals surface area contributed by atoms with Crippen LogP contribution in [0.5, 0.6) is 5.88 Å². The summed E-state index contributed by atoms with van der Waals surface area (Å²) in [7, 11) is 1.51. The molecule has 0 bridgehead atoms. The van der Waals surface area contributed by atoms with E-state index in [1.807, 2.05) is 18.2 Å². The molecule has 0 saturated carbocycles. The van der Waals surface area contributed by atoms with Crippen molar-refractivity contribution in [1.29, 1.82) is 0 Å². The number of nitrogens with one attached hydrogen (secondary N) is 2. The van der Waals surface area contributed by atoms with E-state index in [9.17, 15) is 14.9 Å². The number of para-hydroxylation sites is 1. The first kappa shape index (κ1) is 18.8. The molecular weight excluding hydrogens is 360 g/mol. The van der Waals surface area contributed by atoms with E-state index in [1.54, 1.807) is 36.5 Å². The highest BCUT2D eigenvalue weighted by Crippen LogP contribution is 2.28. The number of aromatic nitrogens is 1. The van der Waals surface area contributed by atoms with Crippen molar-refractivity contribution in [3.05, 3.63) is 88.1 Å². The highest BCUT2D eigenvalue weighted by Gasteiger charge is 2.18. The molecule has 2 N–H and O–H groups in total. The normalized spacial score (nSPS) is 10.2. The molecule has 1 aromatic heterocycles. The molecule has 142 valence electrons. The molecule has 1 heterocycles. The van der Waals surface area contributed by atoms with Gasteiger partial charge in [-0.1, -0.05) is 18.2 Å². The van der Waals surface area contributed by atoms with E-state index in [4.69, 9.17) is 4.74 Å². The summed E-state index contributed by atoms with van der Waals surface area (Å²) < 4.78 is 5.04. The van der Waals surface area contributed by atoms with Gasteiger partial charge in [0.15, 0.2) is 0 Å². The van der Waals surface area contributed by atoms with Gasteiger partial charge >= 0.3 is 0 Å². The summed E-state index contributed by atoms with van der Waals surface area (Å²) in [5.74, 6) is 0.0314. The highest BCUT2D eigenvalue weighted by atomic mass is 16.6. The van der Waals surface area contributed by atoms with E-state index < -0.39 is 10.8 Å². The summed E-state index contributed by atoms with van der Waals surface area (Å²) in [6.07, 6.45) is 1.58. The molecule has 8 heteroatoms. The molecular formula is C20H18N4O4.